The molecule has 0 bridgehead atoms. The second kappa shape index (κ2) is 4.98. The molecule has 3 heterocycles. The molecule has 1 atom stereocenters. The molecule has 1 aliphatic heterocycles. The summed E-state index contributed by atoms with van der Waals surface area (Å²) < 4.78 is 1.07. The Balaban J connectivity index is 1.91. The van der Waals surface area contributed by atoms with E-state index in [1.54, 1.807) is 6.33 Å². The molecule has 2 aromatic heterocycles. The van der Waals surface area contributed by atoms with Crippen LogP contribution in [0.15, 0.2) is 29.0 Å². The molecule has 0 aliphatic carbocycles. The van der Waals surface area contributed by atoms with Gasteiger partial charge in [-0.3, -0.25) is 0 Å². The molecule has 1 unspecified atom stereocenters. The third kappa shape index (κ3) is 2.20. The van der Waals surface area contributed by atoms with Gasteiger partial charge >= 0.3 is 0 Å². The molecule has 1 N–H and O–H groups in total. The summed E-state index contributed by atoms with van der Waals surface area (Å²) in [6.45, 7) is 4.47. The van der Waals surface area contributed by atoms with E-state index >= 15 is 0 Å². The van der Waals surface area contributed by atoms with Crippen LogP contribution >= 0.6 is 15.9 Å². The minimum atomic E-state index is 0.724. The van der Waals surface area contributed by atoms with Gasteiger partial charge in [0.1, 0.15) is 17.4 Å². The lowest BCUT2D eigenvalue weighted by Gasteiger charge is -2.31. The summed E-state index contributed by atoms with van der Waals surface area (Å²) in [5.74, 6) is 1.76. The maximum atomic E-state index is 4.55. The number of nitrogens with zero attached hydrogens (tertiary/aromatic N) is 3. The number of hydrogen-bond acceptors (Lipinski definition) is 3. The van der Waals surface area contributed by atoms with Crippen molar-refractivity contribution in [3.63, 3.8) is 0 Å². The smallest absolute Gasteiger partial charge is 0.156 e. The Morgan fingerprint density at radius 2 is 2.24 bits per heavy atom. The minimum absolute atomic E-state index is 0.724. The Bertz CT molecular complexity index is 810. The van der Waals surface area contributed by atoms with Crippen molar-refractivity contribution in [2.45, 2.75) is 19.8 Å². The lowest BCUT2D eigenvalue weighted by atomic mass is 10.0. The zero-order valence-electron chi connectivity index (χ0n) is 11.9. The summed E-state index contributed by atoms with van der Waals surface area (Å²) in [5.41, 5.74) is 3.18. The molecule has 1 fully saturated rings. The standard InChI is InChI=1S/C16H17BrN4/c1-10-3-2-6-21(8-10)16-15-14(18-9-19-16)12-7-11(17)4-5-13(12)20-15/h4-5,7,9-10,20H,2-3,6,8H2,1H3. The molecule has 3 aromatic rings. The van der Waals surface area contributed by atoms with Crippen molar-refractivity contribution in [3.8, 4) is 0 Å². The average Bonchev–Trinajstić information content (AvgIpc) is 2.85. The fourth-order valence-electron chi connectivity index (χ4n) is 3.27. The van der Waals surface area contributed by atoms with Crippen molar-refractivity contribution in [2.75, 3.05) is 18.0 Å². The van der Waals surface area contributed by atoms with E-state index in [2.05, 4.69) is 54.8 Å². The number of anilines is 1. The number of fused-ring (bicyclic) bond motifs is 3. The van der Waals surface area contributed by atoms with Gasteiger partial charge in [0.25, 0.3) is 0 Å². The Morgan fingerprint density at radius 1 is 1.33 bits per heavy atom. The van der Waals surface area contributed by atoms with E-state index in [-0.39, 0.29) is 0 Å². The van der Waals surface area contributed by atoms with E-state index < -0.39 is 0 Å². The van der Waals surface area contributed by atoms with Crippen LogP contribution in [0.1, 0.15) is 19.8 Å². The predicted molar refractivity (Wildman–Crippen MR) is 89.7 cm³/mol. The number of benzene rings is 1. The summed E-state index contributed by atoms with van der Waals surface area (Å²) in [6, 6.07) is 6.25. The molecule has 108 valence electrons. The first kappa shape index (κ1) is 13.1. The molecular weight excluding hydrogens is 328 g/mol. The summed E-state index contributed by atoms with van der Waals surface area (Å²) >= 11 is 3.54. The van der Waals surface area contributed by atoms with Gasteiger partial charge in [0.2, 0.25) is 0 Å². The van der Waals surface area contributed by atoms with E-state index in [0.717, 1.165) is 51.2 Å². The third-order valence-corrected chi connectivity index (χ3v) is 4.77. The van der Waals surface area contributed by atoms with Crippen molar-refractivity contribution in [3.05, 3.63) is 29.0 Å². The van der Waals surface area contributed by atoms with Gasteiger partial charge in [-0.25, -0.2) is 9.97 Å². The summed E-state index contributed by atoms with van der Waals surface area (Å²) in [5, 5.41) is 1.15. The first-order valence-corrected chi connectivity index (χ1v) is 8.18. The van der Waals surface area contributed by atoms with Crippen LogP contribution in [0.25, 0.3) is 21.9 Å². The minimum Gasteiger partial charge on any atom is -0.355 e. The van der Waals surface area contributed by atoms with Gasteiger partial charge < -0.3 is 9.88 Å². The molecule has 1 aliphatic rings. The number of nitrogens with one attached hydrogen (secondary N) is 1. The van der Waals surface area contributed by atoms with E-state index in [1.807, 2.05) is 6.07 Å². The predicted octanol–water partition coefficient (Wildman–Crippen LogP) is 4.11. The van der Waals surface area contributed by atoms with Crippen LogP contribution in [0.2, 0.25) is 0 Å². The molecule has 0 spiro atoms. The largest absolute Gasteiger partial charge is 0.355 e. The van der Waals surface area contributed by atoms with Crippen molar-refractivity contribution < 1.29 is 0 Å². The average molecular weight is 345 g/mol. The van der Waals surface area contributed by atoms with Crippen LogP contribution in [0.3, 0.4) is 0 Å². The van der Waals surface area contributed by atoms with Gasteiger partial charge in [-0.1, -0.05) is 22.9 Å². The number of hydrogen-bond donors (Lipinski definition) is 1. The second-order valence-corrected chi connectivity index (χ2v) is 6.84. The number of H-pyrrole nitrogens is 1. The summed E-state index contributed by atoms with van der Waals surface area (Å²) in [7, 11) is 0. The van der Waals surface area contributed by atoms with Gasteiger partial charge in [0.05, 0.1) is 0 Å². The lowest BCUT2D eigenvalue weighted by Crippen LogP contribution is -2.35. The monoisotopic (exact) mass is 344 g/mol. The molecule has 0 radical (unpaired) electrons. The summed E-state index contributed by atoms with van der Waals surface area (Å²) in [6.07, 6.45) is 4.23. The van der Waals surface area contributed by atoms with Crippen molar-refractivity contribution in [1.82, 2.24) is 15.0 Å². The van der Waals surface area contributed by atoms with Gasteiger partial charge in [0.15, 0.2) is 5.82 Å². The first-order valence-electron chi connectivity index (χ1n) is 7.39. The zero-order valence-corrected chi connectivity index (χ0v) is 13.5. The van der Waals surface area contributed by atoms with E-state index in [9.17, 15) is 0 Å². The highest BCUT2D eigenvalue weighted by Crippen LogP contribution is 2.32. The van der Waals surface area contributed by atoms with E-state index in [0.29, 0.717) is 0 Å². The Morgan fingerprint density at radius 3 is 3.10 bits per heavy atom. The fourth-order valence-corrected chi connectivity index (χ4v) is 3.63. The number of aromatic nitrogens is 3. The van der Waals surface area contributed by atoms with Crippen molar-refractivity contribution >= 4 is 43.7 Å². The normalized spacial score (nSPS) is 19.5. The first-order chi connectivity index (χ1) is 10.2. The van der Waals surface area contributed by atoms with Gasteiger partial charge in [-0.15, -0.1) is 0 Å². The highest BCUT2D eigenvalue weighted by Gasteiger charge is 2.21. The van der Waals surface area contributed by atoms with Crippen LogP contribution < -0.4 is 4.90 Å². The Kier molecular flexibility index (Phi) is 3.10. The highest BCUT2D eigenvalue weighted by molar-refractivity contribution is 9.10. The second-order valence-electron chi connectivity index (χ2n) is 5.93. The fraction of sp³-hybridized carbons (Fsp3) is 0.375. The lowest BCUT2D eigenvalue weighted by molar-refractivity contribution is 0.445. The molecule has 0 amide bonds. The van der Waals surface area contributed by atoms with Crippen LogP contribution in [-0.2, 0) is 0 Å². The molecule has 4 rings (SSSR count). The van der Waals surface area contributed by atoms with Gasteiger partial charge in [-0.2, -0.15) is 0 Å². The summed E-state index contributed by atoms with van der Waals surface area (Å²) in [4.78, 5) is 14.9. The number of aromatic amines is 1. The van der Waals surface area contributed by atoms with Crippen molar-refractivity contribution in [2.24, 2.45) is 5.92 Å². The highest BCUT2D eigenvalue weighted by atomic mass is 79.9. The molecule has 1 saturated heterocycles. The Labute approximate surface area is 131 Å². The van der Waals surface area contributed by atoms with Crippen LogP contribution in [-0.4, -0.2) is 28.0 Å². The number of piperidine rings is 1. The maximum Gasteiger partial charge on any atom is 0.156 e. The van der Waals surface area contributed by atoms with Crippen LogP contribution in [0.4, 0.5) is 5.82 Å². The zero-order chi connectivity index (χ0) is 14.4. The number of rotatable bonds is 1. The molecule has 5 heteroatoms. The molecule has 21 heavy (non-hydrogen) atoms. The van der Waals surface area contributed by atoms with Crippen molar-refractivity contribution in [1.29, 1.82) is 0 Å². The quantitative estimate of drug-likeness (QED) is 0.722. The van der Waals surface area contributed by atoms with E-state index in [4.69, 9.17) is 0 Å². The molecule has 4 nitrogen and oxygen atoms in total. The van der Waals surface area contributed by atoms with Crippen LogP contribution in [0, 0.1) is 5.92 Å². The molecule has 0 saturated carbocycles. The Hall–Kier alpha value is -1.62. The topological polar surface area (TPSA) is 44.8 Å². The van der Waals surface area contributed by atoms with Gasteiger partial charge in [-0.05, 0) is 37.0 Å². The number of halogens is 1. The maximum absolute atomic E-state index is 4.55. The molecule has 1 aromatic carbocycles. The van der Waals surface area contributed by atoms with Gasteiger partial charge in [0, 0.05) is 28.5 Å². The third-order valence-electron chi connectivity index (χ3n) is 4.28. The molecular formula is C16H17BrN4. The van der Waals surface area contributed by atoms with Crippen LogP contribution in [0.5, 0.6) is 0 Å². The SMILES string of the molecule is CC1CCCN(c2ncnc3c2[nH]c2ccc(Br)cc23)C1. The van der Waals surface area contributed by atoms with E-state index in [1.165, 1.54) is 12.8 Å².